The summed E-state index contributed by atoms with van der Waals surface area (Å²) in [7, 11) is 0. The number of H-pyrrole nitrogens is 1. The first-order chi connectivity index (χ1) is 10.0. The van der Waals surface area contributed by atoms with E-state index < -0.39 is 12.1 Å². The standard InChI is InChI=1S/C15H24N2O4/c1-5-7-8-9-21-15(19)17-13-10(3)12(11(4)16-13)14(18)20-6-2/h16H,5-9H2,1-4H3,(H,17,19). The highest BCUT2D eigenvalue weighted by atomic mass is 16.5. The summed E-state index contributed by atoms with van der Waals surface area (Å²) in [5.74, 6) is 0.0733. The molecule has 2 N–H and O–H groups in total. The van der Waals surface area contributed by atoms with Crippen molar-refractivity contribution in [2.24, 2.45) is 0 Å². The van der Waals surface area contributed by atoms with Crippen LogP contribution in [0.5, 0.6) is 0 Å². The van der Waals surface area contributed by atoms with Gasteiger partial charge < -0.3 is 14.5 Å². The summed E-state index contributed by atoms with van der Waals surface area (Å²) < 4.78 is 10.1. The van der Waals surface area contributed by atoms with E-state index >= 15 is 0 Å². The molecule has 6 nitrogen and oxygen atoms in total. The fraction of sp³-hybridized carbons (Fsp3) is 0.600. The quantitative estimate of drug-likeness (QED) is 0.595. The number of ether oxygens (including phenoxy) is 2. The maximum absolute atomic E-state index is 11.8. The average molecular weight is 296 g/mol. The molecule has 0 aromatic carbocycles. The number of carbonyl (C=O) groups excluding carboxylic acids is 2. The lowest BCUT2D eigenvalue weighted by Crippen LogP contribution is -2.15. The Balaban J connectivity index is 2.66. The number of hydrogen-bond acceptors (Lipinski definition) is 4. The Labute approximate surface area is 125 Å². The van der Waals surface area contributed by atoms with Crippen LogP contribution in [0, 0.1) is 13.8 Å². The third-order valence-corrected chi connectivity index (χ3v) is 3.13. The Morgan fingerprint density at radius 3 is 2.48 bits per heavy atom. The van der Waals surface area contributed by atoms with Crippen LogP contribution in [0.3, 0.4) is 0 Å². The fourth-order valence-corrected chi connectivity index (χ4v) is 2.04. The van der Waals surface area contributed by atoms with Gasteiger partial charge in [-0.1, -0.05) is 19.8 Å². The largest absolute Gasteiger partial charge is 0.462 e. The lowest BCUT2D eigenvalue weighted by Gasteiger charge is -2.06. The predicted molar refractivity (Wildman–Crippen MR) is 80.7 cm³/mol. The lowest BCUT2D eigenvalue weighted by atomic mass is 10.1. The van der Waals surface area contributed by atoms with E-state index in [1.54, 1.807) is 20.8 Å². The van der Waals surface area contributed by atoms with Gasteiger partial charge in [0, 0.05) is 11.3 Å². The van der Waals surface area contributed by atoms with Gasteiger partial charge in [0.25, 0.3) is 0 Å². The van der Waals surface area contributed by atoms with Crippen molar-refractivity contribution in [1.29, 1.82) is 0 Å². The summed E-state index contributed by atoms with van der Waals surface area (Å²) in [4.78, 5) is 26.5. The molecule has 0 bridgehead atoms. The first-order valence-electron chi connectivity index (χ1n) is 7.31. The first kappa shape index (κ1) is 17.1. The molecule has 118 valence electrons. The number of anilines is 1. The van der Waals surface area contributed by atoms with Gasteiger partial charge in [-0.15, -0.1) is 0 Å². The molecule has 1 aromatic heterocycles. The monoisotopic (exact) mass is 296 g/mol. The van der Waals surface area contributed by atoms with Crippen molar-refractivity contribution in [2.75, 3.05) is 18.5 Å². The van der Waals surface area contributed by atoms with E-state index in [9.17, 15) is 9.59 Å². The van der Waals surface area contributed by atoms with Gasteiger partial charge in [-0.3, -0.25) is 5.32 Å². The summed E-state index contributed by atoms with van der Waals surface area (Å²) in [6.45, 7) is 8.05. The number of aryl methyl sites for hydroxylation is 1. The molecule has 0 saturated carbocycles. The maximum atomic E-state index is 11.8. The predicted octanol–water partition coefficient (Wildman–Crippen LogP) is 3.55. The van der Waals surface area contributed by atoms with Crippen molar-refractivity contribution in [2.45, 2.75) is 47.0 Å². The normalized spacial score (nSPS) is 10.3. The van der Waals surface area contributed by atoms with E-state index in [0.717, 1.165) is 19.3 Å². The van der Waals surface area contributed by atoms with Crippen LogP contribution in [0.1, 0.15) is 54.7 Å². The number of aromatic nitrogens is 1. The van der Waals surface area contributed by atoms with Gasteiger partial charge in [0.05, 0.1) is 18.8 Å². The zero-order valence-electron chi connectivity index (χ0n) is 13.2. The first-order valence-corrected chi connectivity index (χ1v) is 7.31. The number of esters is 1. The molecule has 0 unspecified atom stereocenters. The number of hydrogen-bond donors (Lipinski definition) is 2. The van der Waals surface area contributed by atoms with E-state index in [0.29, 0.717) is 35.9 Å². The molecule has 21 heavy (non-hydrogen) atoms. The van der Waals surface area contributed by atoms with Crippen molar-refractivity contribution >= 4 is 17.9 Å². The molecule has 0 aliphatic heterocycles. The second-order valence-electron chi connectivity index (χ2n) is 4.81. The molecule has 0 atom stereocenters. The highest BCUT2D eigenvalue weighted by Gasteiger charge is 2.20. The van der Waals surface area contributed by atoms with Crippen LogP contribution in [-0.4, -0.2) is 30.3 Å². The van der Waals surface area contributed by atoms with Crippen LogP contribution in [0.2, 0.25) is 0 Å². The van der Waals surface area contributed by atoms with Crippen molar-refractivity contribution in [1.82, 2.24) is 4.98 Å². The average Bonchev–Trinajstić information content (AvgIpc) is 2.70. The maximum Gasteiger partial charge on any atom is 0.412 e. The van der Waals surface area contributed by atoms with Crippen molar-refractivity contribution < 1.29 is 19.1 Å². The van der Waals surface area contributed by atoms with Crippen LogP contribution in [0.25, 0.3) is 0 Å². The molecule has 0 aliphatic carbocycles. The number of rotatable bonds is 7. The fourth-order valence-electron chi connectivity index (χ4n) is 2.04. The molecule has 1 amide bonds. The molecular formula is C15H24N2O4. The Hall–Kier alpha value is -1.98. The molecule has 0 saturated heterocycles. The van der Waals surface area contributed by atoms with Gasteiger partial charge in [0.1, 0.15) is 5.82 Å². The zero-order valence-corrected chi connectivity index (χ0v) is 13.2. The van der Waals surface area contributed by atoms with Crippen LogP contribution >= 0.6 is 0 Å². The van der Waals surface area contributed by atoms with Gasteiger partial charge in [-0.05, 0) is 27.2 Å². The molecule has 0 fully saturated rings. The van der Waals surface area contributed by atoms with E-state index in [2.05, 4.69) is 17.2 Å². The number of amides is 1. The summed E-state index contributed by atoms with van der Waals surface area (Å²) in [6, 6.07) is 0. The van der Waals surface area contributed by atoms with Gasteiger partial charge in [0.2, 0.25) is 0 Å². The Morgan fingerprint density at radius 1 is 1.14 bits per heavy atom. The molecule has 1 aromatic rings. The topological polar surface area (TPSA) is 80.4 Å². The highest BCUT2D eigenvalue weighted by Crippen LogP contribution is 2.23. The van der Waals surface area contributed by atoms with Crippen LogP contribution in [-0.2, 0) is 9.47 Å². The van der Waals surface area contributed by atoms with Crippen molar-refractivity contribution in [3.05, 3.63) is 16.8 Å². The van der Waals surface area contributed by atoms with E-state index in [4.69, 9.17) is 9.47 Å². The minimum Gasteiger partial charge on any atom is -0.462 e. The number of aromatic amines is 1. The molecule has 1 heterocycles. The zero-order chi connectivity index (χ0) is 15.8. The minimum atomic E-state index is -0.522. The summed E-state index contributed by atoms with van der Waals surface area (Å²) in [5.41, 5.74) is 1.77. The van der Waals surface area contributed by atoms with E-state index in [-0.39, 0.29) is 0 Å². The van der Waals surface area contributed by atoms with Crippen LogP contribution in [0.15, 0.2) is 0 Å². The molecule has 6 heteroatoms. The van der Waals surface area contributed by atoms with Crippen molar-refractivity contribution in [3.8, 4) is 0 Å². The number of unbranched alkanes of at least 4 members (excludes halogenated alkanes) is 2. The Morgan fingerprint density at radius 2 is 1.86 bits per heavy atom. The van der Waals surface area contributed by atoms with Gasteiger partial charge in [-0.2, -0.15) is 0 Å². The molecule has 0 aliphatic rings. The molecule has 0 spiro atoms. The number of nitrogens with one attached hydrogen (secondary N) is 2. The number of carbonyl (C=O) groups is 2. The second kappa shape index (κ2) is 8.34. The second-order valence-corrected chi connectivity index (χ2v) is 4.81. The molecule has 1 rings (SSSR count). The smallest absolute Gasteiger partial charge is 0.412 e. The van der Waals surface area contributed by atoms with Crippen LogP contribution in [0.4, 0.5) is 10.6 Å². The SMILES string of the molecule is CCCCCOC(=O)Nc1[nH]c(C)c(C(=O)OCC)c1C. The summed E-state index contributed by atoms with van der Waals surface area (Å²) in [6.07, 6.45) is 2.43. The Kier molecular flexibility index (Phi) is 6.78. The highest BCUT2D eigenvalue weighted by molar-refractivity contribution is 5.96. The van der Waals surface area contributed by atoms with E-state index in [1.807, 2.05) is 0 Å². The third kappa shape index (κ3) is 4.81. The summed E-state index contributed by atoms with van der Waals surface area (Å²) >= 11 is 0. The molecule has 0 radical (unpaired) electrons. The van der Waals surface area contributed by atoms with Gasteiger partial charge in [0.15, 0.2) is 0 Å². The van der Waals surface area contributed by atoms with E-state index in [1.165, 1.54) is 0 Å². The molecular weight excluding hydrogens is 272 g/mol. The lowest BCUT2D eigenvalue weighted by molar-refractivity contribution is 0.0525. The van der Waals surface area contributed by atoms with Gasteiger partial charge >= 0.3 is 12.1 Å². The minimum absolute atomic E-state index is 0.311. The summed E-state index contributed by atoms with van der Waals surface area (Å²) in [5, 5.41) is 2.62. The third-order valence-electron chi connectivity index (χ3n) is 3.13. The Bertz CT molecular complexity index is 494. The van der Waals surface area contributed by atoms with Crippen molar-refractivity contribution in [3.63, 3.8) is 0 Å². The van der Waals surface area contributed by atoms with Crippen LogP contribution < -0.4 is 5.32 Å². The van der Waals surface area contributed by atoms with Gasteiger partial charge in [-0.25, -0.2) is 9.59 Å².